The Labute approximate surface area is 107 Å². The molecule has 0 atom stereocenters. The minimum Gasteiger partial charge on any atom is -0.351 e. The van der Waals surface area contributed by atoms with E-state index >= 15 is 0 Å². The molecule has 0 aromatic heterocycles. The zero-order chi connectivity index (χ0) is 13.3. The molecule has 0 spiro atoms. The lowest BCUT2D eigenvalue weighted by Gasteiger charge is -2.12. The standard InChI is InChI=1S/C12H11ClF3NO/c13-5-12(1-2-12)6-17-11(18)7-3-8(14)10(16)9(15)4-7/h3-4H,1-2,5-6H2,(H,17,18). The molecule has 0 unspecified atom stereocenters. The fourth-order valence-electron chi connectivity index (χ4n) is 1.59. The third-order valence-electron chi connectivity index (χ3n) is 3.11. The smallest absolute Gasteiger partial charge is 0.251 e. The lowest BCUT2D eigenvalue weighted by atomic mass is 10.1. The molecule has 1 aromatic carbocycles. The molecule has 0 radical (unpaired) electrons. The van der Waals surface area contributed by atoms with Crippen LogP contribution in [-0.2, 0) is 0 Å². The molecule has 0 aliphatic heterocycles. The van der Waals surface area contributed by atoms with Gasteiger partial charge in [-0.3, -0.25) is 4.79 Å². The number of carbonyl (C=O) groups excluding carboxylic acids is 1. The summed E-state index contributed by atoms with van der Waals surface area (Å²) >= 11 is 5.74. The van der Waals surface area contributed by atoms with Crippen LogP contribution >= 0.6 is 11.6 Å². The summed E-state index contributed by atoms with van der Waals surface area (Å²) in [6.07, 6.45) is 1.84. The highest BCUT2D eigenvalue weighted by Gasteiger charge is 2.41. The highest BCUT2D eigenvalue weighted by atomic mass is 35.5. The normalized spacial score (nSPS) is 16.4. The third kappa shape index (κ3) is 2.61. The molecule has 6 heteroatoms. The van der Waals surface area contributed by atoms with Gasteiger partial charge in [-0.2, -0.15) is 0 Å². The van der Waals surface area contributed by atoms with Crippen molar-refractivity contribution in [2.45, 2.75) is 12.8 Å². The first-order valence-corrected chi connectivity index (χ1v) is 6.00. The van der Waals surface area contributed by atoms with Gasteiger partial charge in [-0.25, -0.2) is 13.2 Å². The average molecular weight is 278 g/mol. The van der Waals surface area contributed by atoms with Crippen LogP contribution in [0.3, 0.4) is 0 Å². The number of benzene rings is 1. The van der Waals surface area contributed by atoms with Gasteiger partial charge in [-0.1, -0.05) is 0 Å². The Morgan fingerprint density at radius 2 is 1.83 bits per heavy atom. The number of carbonyl (C=O) groups is 1. The first kappa shape index (κ1) is 13.2. The SMILES string of the molecule is O=C(NCC1(CCl)CC1)c1cc(F)c(F)c(F)c1. The van der Waals surface area contributed by atoms with Gasteiger partial charge in [0, 0.05) is 23.4 Å². The number of rotatable bonds is 4. The summed E-state index contributed by atoms with van der Waals surface area (Å²) in [6.45, 7) is 0.357. The largest absolute Gasteiger partial charge is 0.351 e. The molecule has 1 aromatic rings. The second kappa shape index (κ2) is 4.80. The van der Waals surface area contributed by atoms with Crippen molar-refractivity contribution in [3.05, 3.63) is 35.1 Å². The van der Waals surface area contributed by atoms with Crippen LogP contribution in [0.4, 0.5) is 13.2 Å². The number of alkyl halides is 1. The Kier molecular flexibility index (Phi) is 3.52. The maximum atomic E-state index is 12.9. The average Bonchev–Trinajstić information content (AvgIpc) is 3.13. The van der Waals surface area contributed by atoms with Crippen molar-refractivity contribution >= 4 is 17.5 Å². The van der Waals surface area contributed by atoms with Crippen LogP contribution in [0.25, 0.3) is 0 Å². The molecule has 2 rings (SSSR count). The molecular formula is C12H11ClF3NO. The zero-order valence-corrected chi connectivity index (χ0v) is 10.2. The van der Waals surface area contributed by atoms with Gasteiger partial charge in [0.1, 0.15) is 0 Å². The van der Waals surface area contributed by atoms with Gasteiger partial charge in [0.15, 0.2) is 17.5 Å². The summed E-state index contributed by atoms with van der Waals surface area (Å²) in [6, 6.07) is 1.35. The molecule has 1 aliphatic carbocycles. The first-order valence-electron chi connectivity index (χ1n) is 5.46. The highest BCUT2D eigenvalue weighted by molar-refractivity contribution is 6.18. The van der Waals surface area contributed by atoms with E-state index in [1.165, 1.54) is 0 Å². The quantitative estimate of drug-likeness (QED) is 0.665. The number of hydrogen-bond donors (Lipinski definition) is 1. The molecule has 1 aliphatic rings. The Hall–Kier alpha value is -1.23. The molecule has 1 N–H and O–H groups in total. The van der Waals surface area contributed by atoms with E-state index in [0.29, 0.717) is 24.6 Å². The summed E-state index contributed by atoms with van der Waals surface area (Å²) in [5.41, 5.74) is -0.328. The van der Waals surface area contributed by atoms with Crippen molar-refractivity contribution in [3.63, 3.8) is 0 Å². The predicted molar refractivity (Wildman–Crippen MR) is 61.0 cm³/mol. The van der Waals surface area contributed by atoms with Crippen molar-refractivity contribution < 1.29 is 18.0 Å². The van der Waals surface area contributed by atoms with E-state index in [9.17, 15) is 18.0 Å². The number of halogens is 4. The molecule has 0 heterocycles. The van der Waals surface area contributed by atoms with Crippen LogP contribution < -0.4 is 5.32 Å². The van der Waals surface area contributed by atoms with Crippen molar-refractivity contribution in [1.82, 2.24) is 5.32 Å². The molecule has 1 saturated carbocycles. The fraction of sp³-hybridized carbons (Fsp3) is 0.417. The van der Waals surface area contributed by atoms with E-state index in [1.807, 2.05) is 0 Å². The van der Waals surface area contributed by atoms with Crippen LogP contribution in [0.1, 0.15) is 23.2 Å². The lowest BCUT2D eigenvalue weighted by molar-refractivity contribution is 0.0945. The van der Waals surface area contributed by atoms with Crippen LogP contribution in [0.2, 0.25) is 0 Å². The topological polar surface area (TPSA) is 29.1 Å². The van der Waals surface area contributed by atoms with Gasteiger partial charge in [-0.05, 0) is 25.0 Å². The van der Waals surface area contributed by atoms with Gasteiger partial charge in [-0.15, -0.1) is 11.6 Å². The second-order valence-electron chi connectivity index (χ2n) is 4.57. The van der Waals surface area contributed by atoms with Gasteiger partial charge in [0.05, 0.1) is 0 Å². The van der Waals surface area contributed by atoms with Gasteiger partial charge in [0.25, 0.3) is 5.91 Å². The summed E-state index contributed by atoms with van der Waals surface area (Å²) in [5.74, 6) is -4.54. The molecule has 98 valence electrons. The zero-order valence-electron chi connectivity index (χ0n) is 9.40. The van der Waals surface area contributed by atoms with Crippen molar-refractivity contribution in [1.29, 1.82) is 0 Å². The maximum absolute atomic E-state index is 12.9. The molecule has 1 amide bonds. The van der Waals surface area contributed by atoms with Crippen molar-refractivity contribution in [2.75, 3.05) is 12.4 Å². The number of hydrogen-bond acceptors (Lipinski definition) is 1. The minimum absolute atomic E-state index is 0.0890. The molecule has 18 heavy (non-hydrogen) atoms. The molecular weight excluding hydrogens is 267 g/mol. The number of amides is 1. The molecule has 2 nitrogen and oxygen atoms in total. The van der Waals surface area contributed by atoms with Gasteiger partial charge >= 0.3 is 0 Å². The second-order valence-corrected chi connectivity index (χ2v) is 4.84. The van der Waals surface area contributed by atoms with Crippen LogP contribution in [0.15, 0.2) is 12.1 Å². The monoisotopic (exact) mass is 277 g/mol. The number of nitrogens with one attached hydrogen (secondary N) is 1. The Morgan fingerprint density at radius 1 is 1.28 bits per heavy atom. The minimum atomic E-state index is -1.58. The van der Waals surface area contributed by atoms with E-state index in [0.717, 1.165) is 12.8 Å². The maximum Gasteiger partial charge on any atom is 0.251 e. The third-order valence-corrected chi connectivity index (χ3v) is 3.68. The van der Waals surface area contributed by atoms with E-state index in [-0.39, 0.29) is 11.0 Å². The summed E-state index contributed by atoms with van der Waals surface area (Å²) in [7, 11) is 0. The van der Waals surface area contributed by atoms with E-state index in [4.69, 9.17) is 11.6 Å². The summed E-state index contributed by atoms with van der Waals surface area (Å²) in [5, 5.41) is 2.55. The summed E-state index contributed by atoms with van der Waals surface area (Å²) < 4.78 is 38.6. The highest BCUT2D eigenvalue weighted by Crippen LogP contribution is 2.45. The van der Waals surface area contributed by atoms with Gasteiger partial charge < -0.3 is 5.32 Å². The Bertz CT molecular complexity index is 465. The predicted octanol–water partition coefficient (Wildman–Crippen LogP) is 2.85. The van der Waals surface area contributed by atoms with E-state index in [1.54, 1.807) is 0 Å². The van der Waals surface area contributed by atoms with Crippen LogP contribution in [0, 0.1) is 22.9 Å². The van der Waals surface area contributed by atoms with Gasteiger partial charge in [0.2, 0.25) is 0 Å². The molecule has 0 bridgehead atoms. The Balaban J connectivity index is 2.05. The van der Waals surface area contributed by atoms with E-state index in [2.05, 4.69) is 5.32 Å². The van der Waals surface area contributed by atoms with Crippen molar-refractivity contribution in [3.8, 4) is 0 Å². The van der Waals surface area contributed by atoms with Crippen molar-refractivity contribution in [2.24, 2.45) is 5.41 Å². The van der Waals surface area contributed by atoms with Crippen LogP contribution in [-0.4, -0.2) is 18.3 Å². The lowest BCUT2D eigenvalue weighted by Crippen LogP contribution is -2.31. The Morgan fingerprint density at radius 3 is 2.28 bits per heavy atom. The molecule has 1 fully saturated rings. The van der Waals surface area contributed by atoms with E-state index < -0.39 is 23.4 Å². The fourth-order valence-corrected chi connectivity index (χ4v) is 1.95. The molecule has 0 saturated heterocycles. The first-order chi connectivity index (χ1) is 8.47. The van der Waals surface area contributed by atoms with Crippen LogP contribution in [0.5, 0.6) is 0 Å². The summed E-state index contributed by atoms with van der Waals surface area (Å²) in [4.78, 5) is 11.6.